The highest BCUT2D eigenvalue weighted by molar-refractivity contribution is 6.01. The summed E-state index contributed by atoms with van der Waals surface area (Å²) in [7, 11) is 0. The molecule has 0 aromatic heterocycles. The summed E-state index contributed by atoms with van der Waals surface area (Å²) in [5.41, 5.74) is 1.45. The molecule has 0 bridgehead atoms. The van der Waals surface area contributed by atoms with E-state index in [1.54, 1.807) is 24.3 Å². The zero-order valence-corrected chi connectivity index (χ0v) is 7.73. The van der Waals surface area contributed by atoms with Crippen molar-refractivity contribution >= 4 is 5.71 Å². The van der Waals surface area contributed by atoms with Crippen molar-refractivity contribution in [1.29, 1.82) is 0 Å². The van der Waals surface area contributed by atoms with Crippen molar-refractivity contribution in [2.75, 3.05) is 0 Å². The maximum atomic E-state index is 9.05. The molecule has 0 aliphatic rings. The predicted octanol–water partition coefficient (Wildman–Crippen LogP) is 2.23. The Morgan fingerprint density at radius 2 is 1.77 bits per heavy atom. The van der Waals surface area contributed by atoms with Gasteiger partial charge < -0.3 is 10.3 Å². The summed E-state index contributed by atoms with van der Waals surface area (Å²) in [6.07, 6.45) is 0. The summed E-state index contributed by atoms with van der Waals surface area (Å²) >= 11 is 0. The zero-order chi connectivity index (χ0) is 9.84. The second kappa shape index (κ2) is 3.94. The van der Waals surface area contributed by atoms with E-state index in [9.17, 15) is 0 Å². The monoisotopic (exact) mass is 179 g/mol. The Hall–Kier alpha value is -1.51. The average molecular weight is 179 g/mol. The van der Waals surface area contributed by atoms with Crippen molar-refractivity contribution in [2.45, 2.75) is 13.8 Å². The number of phenolic OH excluding ortho intramolecular Hbond substituents is 1. The zero-order valence-electron chi connectivity index (χ0n) is 7.73. The van der Waals surface area contributed by atoms with Gasteiger partial charge in [-0.05, 0) is 35.7 Å². The van der Waals surface area contributed by atoms with Gasteiger partial charge in [0, 0.05) is 0 Å². The molecule has 1 aromatic carbocycles. The fraction of sp³-hybridized carbons (Fsp3) is 0.300. The lowest BCUT2D eigenvalue weighted by Crippen LogP contribution is -2.08. The third-order valence-corrected chi connectivity index (χ3v) is 1.82. The first-order valence-corrected chi connectivity index (χ1v) is 4.16. The van der Waals surface area contributed by atoms with Gasteiger partial charge >= 0.3 is 0 Å². The molecule has 0 amide bonds. The van der Waals surface area contributed by atoms with Crippen LogP contribution in [0.5, 0.6) is 5.75 Å². The first-order chi connectivity index (χ1) is 6.15. The van der Waals surface area contributed by atoms with E-state index in [1.807, 2.05) is 13.8 Å². The molecule has 1 rings (SSSR count). The molecule has 2 N–H and O–H groups in total. The number of hydrogen-bond acceptors (Lipinski definition) is 3. The molecule has 0 spiro atoms. The number of benzene rings is 1. The predicted molar refractivity (Wildman–Crippen MR) is 51.3 cm³/mol. The maximum absolute atomic E-state index is 9.05. The number of hydrogen-bond donors (Lipinski definition) is 2. The minimum Gasteiger partial charge on any atom is -0.508 e. The van der Waals surface area contributed by atoms with Gasteiger partial charge in [0.1, 0.15) is 5.75 Å². The number of phenols is 1. The number of rotatable bonds is 2. The van der Waals surface area contributed by atoms with Crippen LogP contribution in [0.25, 0.3) is 0 Å². The van der Waals surface area contributed by atoms with E-state index in [1.165, 1.54) is 0 Å². The third kappa shape index (κ3) is 2.21. The van der Waals surface area contributed by atoms with Crippen molar-refractivity contribution in [3.8, 4) is 5.75 Å². The molecular formula is C10H13NO2. The fourth-order valence-electron chi connectivity index (χ4n) is 1.14. The minimum absolute atomic E-state index is 0.162. The van der Waals surface area contributed by atoms with E-state index in [4.69, 9.17) is 10.3 Å². The molecule has 0 radical (unpaired) electrons. The Balaban J connectivity index is 3.00. The van der Waals surface area contributed by atoms with Crippen LogP contribution in [0.3, 0.4) is 0 Å². The molecular weight excluding hydrogens is 166 g/mol. The number of aromatic hydroxyl groups is 1. The number of oxime groups is 1. The highest BCUT2D eigenvalue weighted by atomic mass is 16.4. The highest BCUT2D eigenvalue weighted by Gasteiger charge is 2.08. The minimum atomic E-state index is 0.162. The largest absolute Gasteiger partial charge is 0.508 e. The summed E-state index contributed by atoms with van der Waals surface area (Å²) in [5, 5.41) is 21.0. The molecule has 0 saturated carbocycles. The Kier molecular flexibility index (Phi) is 2.90. The van der Waals surface area contributed by atoms with Crippen LogP contribution in [-0.4, -0.2) is 16.0 Å². The SMILES string of the molecule is CC(C)C(=NO)c1ccc(O)cc1. The molecule has 0 atom stereocenters. The van der Waals surface area contributed by atoms with Crippen LogP contribution in [0, 0.1) is 5.92 Å². The molecule has 3 nitrogen and oxygen atoms in total. The first kappa shape index (κ1) is 9.58. The van der Waals surface area contributed by atoms with Gasteiger partial charge in [-0.3, -0.25) is 0 Å². The molecule has 0 aliphatic heterocycles. The second-order valence-corrected chi connectivity index (χ2v) is 3.19. The van der Waals surface area contributed by atoms with Gasteiger partial charge in [0.05, 0.1) is 5.71 Å². The van der Waals surface area contributed by atoms with E-state index in [2.05, 4.69) is 5.16 Å². The van der Waals surface area contributed by atoms with Crippen molar-refractivity contribution in [3.63, 3.8) is 0 Å². The van der Waals surface area contributed by atoms with E-state index < -0.39 is 0 Å². The smallest absolute Gasteiger partial charge is 0.115 e. The van der Waals surface area contributed by atoms with Gasteiger partial charge in [-0.2, -0.15) is 0 Å². The van der Waals surface area contributed by atoms with Crippen LogP contribution in [0.15, 0.2) is 29.4 Å². The van der Waals surface area contributed by atoms with E-state index >= 15 is 0 Å². The highest BCUT2D eigenvalue weighted by Crippen LogP contribution is 2.13. The lowest BCUT2D eigenvalue weighted by Gasteiger charge is -2.07. The topological polar surface area (TPSA) is 52.8 Å². The van der Waals surface area contributed by atoms with E-state index in [0.717, 1.165) is 5.56 Å². The summed E-state index contributed by atoms with van der Waals surface area (Å²) in [4.78, 5) is 0. The Morgan fingerprint density at radius 3 is 2.15 bits per heavy atom. The molecule has 0 unspecified atom stereocenters. The van der Waals surface area contributed by atoms with Gasteiger partial charge in [0.25, 0.3) is 0 Å². The van der Waals surface area contributed by atoms with Crippen LogP contribution in [0.4, 0.5) is 0 Å². The fourth-order valence-corrected chi connectivity index (χ4v) is 1.14. The van der Waals surface area contributed by atoms with Crippen LogP contribution < -0.4 is 0 Å². The van der Waals surface area contributed by atoms with Crippen LogP contribution in [0.2, 0.25) is 0 Å². The Morgan fingerprint density at radius 1 is 1.23 bits per heavy atom. The average Bonchev–Trinajstić information content (AvgIpc) is 2.09. The second-order valence-electron chi connectivity index (χ2n) is 3.19. The molecule has 0 saturated heterocycles. The van der Waals surface area contributed by atoms with Crippen LogP contribution >= 0.6 is 0 Å². The van der Waals surface area contributed by atoms with Crippen molar-refractivity contribution in [1.82, 2.24) is 0 Å². The molecule has 0 heterocycles. The molecule has 0 fully saturated rings. The Labute approximate surface area is 77.3 Å². The third-order valence-electron chi connectivity index (χ3n) is 1.82. The molecule has 13 heavy (non-hydrogen) atoms. The van der Waals surface area contributed by atoms with Gasteiger partial charge in [0.15, 0.2) is 0 Å². The lowest BCUT2D eigenvalue weighted by molar-refractivity contribution is 0.316. The standard InChI is InChI=1S/C10H13NO2/c1-7(2)10(11-13)8-3-5-9(12)6-4-8/h3-7,12-13H,1-2H3. The molecule has 3 heteroatoms. The Bertz CT molecular complexity index is 301. The summed E-state index contributed by atoms with van der Waals surface area (Å²) < 4.78 is 0. The van der Waals surface area contributed by atoms with E-state index in [-0.39, 0.29) is 11.7 Å². The normalized spacial score (nSPS) is 12.1. The maximum Gasteiger partial charge on any atom is 0.115 e. The van der Waals surface area contributed by atoms with Gasteiger partial charge in [-0.1, -0.05) is 19.0 Å². The van der Waals surface area contributed by atoms with Gasteiger partial charge in [-0.25, -0.2) is 0 Å². The molecule has 70 valence electrons. The molecule has 0 aliphatic carbocycles. The van der Waals surface area contributed by atoms with Gasteiger partial charge in [0.2, 0.25) is 0 Å². The summed E-state index contributed by atoms with van der Waals surface area (Å²) in [5.74, 6) is 0.374. The quantitative estimate of drug-likeness (QED) is 0.415. The summed E-state index contributed by atoms with van der Waals surface area (Å²) in [6, 6.07) is 6.60. The van der Waals surface area contributed by atoms with Crippen molar-refractivity contribution in [2.24, 2.45) is 11.1 Å². The molecule has 1 aromatic rings. The number of nitrogens with zero attached hydrogens (tertiary/aromatic N) is 1. The van der Waals surface area contributed by atoms with Gasteiger partial charge in [-0.15, -0.1) is 0 Å². The summed E-state index contributed by atoms with van der Waals surface area (Å²) in [6.45, 7) is 3.89. The van der Waals surface area contributed by atoms with Crippen molar-refractivity contribution in [3.05, 3.63) is 29.8 Å². The first-order valence-electron chi connectivity index (χ1n) is 4.16. The van der Waals surface area contributed by atoms with Crippen LogP contribution in [-0.2, 0) is 0 Å². The lowest BCUT2D eigenvalue weighted by atomic mass is 10.0. The van der Waals surface area contributed by atoms with E-state index in [0.29, 0.717) is 5.71 Å². The van der Waals surface area contributed by atoms with Crippen molar-refractivity contribution < 1.29 is 10.3 Å². The van der Waals surface area contributed by atoms with Crippen LogP contribution in [0.1, 0.15) is 19.4 Å².